The highest BCUT2D eigenvalue weighted by Gasteiger charge is 2.37. The van der Waals surface area contributed by atoms with E-state index < -0.39 is 12.0 Å². The number of amides is 1. The van der Waals surface area contributed by atoms with Crippen molar-refractivity contribution in [1.82, 2.24) is 5.06 Å². The molecular formula is C22H35NO4. The number of aliphatic hydroxyl groups is 1. The number of hydrogen-bond acceptors (Lipinski definition) is 4. The van der Waals surface area contributed by atoms with E-state index in [0.717, 1.165) is 43.6 Å². The van der Waals surface area contributed by atoms with Crippen LogP contribution in [0.15, 0.2) is 11.8 Å². The molecule has 0 radical (unpaired) electrons. The van der Waals surface area contributed by atoms with Gasteiger partial charge in [-0.3, -0.25) is 4.79 Å². The standard InChI is InChI=1S/C22H35NO4/c1-5-7-9-11-17(3)13-15-20(24)19-14-16-21(25)23(19)27-22(26)18(4)12-10-8-6-2/h15,17-19,24H,5-6,8,10-14,16H2,1-4H3/t17-,18?,19+/m0/s1. The van der Waals surface area contributed by atoms with Crippen LogP contribution < -0.4 is 0 Å². The summed E-state index contributed by atoms with van der Waals surface area (Å²) in [6.07, 6.45) is 8.64. The Morgan fingerprint density at radius 3 is 2.74 bits per heavy atom. The van der Waals surface area contributed by atoms with Crippen LogP contribution in [0.1, 0.15) is 85.5 Å². The number of carbonyl (C=O) groups excluding carboxylic acids is 2. The highest BCUT2D eigenvalue weighted by atomic mass is 16.7. The van der Waals surface area contributed by atoms with Gasteiger partial charge in [-0.1, -0.05) is 47.0 Å². The molecular weight excluding hydrogens is 342 g/mol. The van der Waals surface area contributed by atoms with Crippen LogP contribution in [0.25, 0.3) is 0 Å². The van der Waals surface area contributed by atoms with Gasteiger partial charge in [0, 0.05) is 19.3 Å². The summed E-state index contributed by atoms with van der Waals surface area (Å²) in [6, 6.07) is -0.571. The van der Waals surface area contributed by atoms with Crippen molar-refractivity contribution in [3.8, 4) is 11.8 Å². The van der Waals surface area contributed by atoms with Crippen molar-refractivity contribution in [3.05, 3.63) is 11.8 Å². The molecule has 0 spiro atoms. The molecule has 1 unspecified atom stereocenters. The van der Waals surface area contributed by atoms with Gasteiger partial charge in [0.1, 0.15) is 11.8 Å². The van der Waals surface area contributed by atoms with E-state index in [1.807, 2.05) is 13.8 Å². The van der Waals surface area contributed by atoms with Crippen LogP contribution in [0.5, 0.6) is 0 Å². The van der Waals surface area contributed by atoms with E-state index in [-0.39, 0.29) is 24.0 Å². The van der Waals surface area contributed by atoms with Crippen molar-refractivity contribution < 1.29 is 19.5 Å². The second-order valence-electron chi connectivity index (χ2n) is 7.46. The number of hydroxylamine groups is 2. The monoisotopic (exact) mass is 377 g/mol. The summed E-state index contributed by atoms with van der Waals surface area (Å²) in [4.78, 5) is 29.8. The molecule has 0 aliphatic carbocycles. The summed E-state index contributed by atoms with van der Waals surface area (Å²) in [7, 11) is 0. The van der Waals surface area contributed by atoms with Crippen LogP contribution in [-0.4, -0.2) is 28.1 Å². The maximum atomic E-state index is 12.3. The van der Waals surface area contributed by atoms with E-state index >= 15 is 0 Å². The minimum atomic E-state index is -0.571. The SMILES string of the molecule is CCC#CC[C@H](C)CC=C(O)[C@H]1CCC(=O)N1OC(=O)C(C)CCCCC. The average Bonchev–Trinajstić information content (AvgIpc) is 3.00. The van der Waals surface area contributed by atoms with E-state index in [0.29, 0.717) is 18.8 Å². The van der Waals surface area contributed by atoms with Crippen molar-refractivity contribution in [3.63, 3.8) is 0 Å². The number of unbranched alkanes of at least 4 members (excludes halogenated alkanes) is 2. The van der Waals surface area contributed by atoms with Gasteiger partial charge < -0.3 is 9.94 Å². The normalized spacial score (nSPS) is 19.4. The summed E-state index contributed by atoms with van der Waals surface area (Å²) < 4.78 is 0. The first kappa shape index (κ1) is 23.1. The number of hydrogen-bond donors (Lipinski definition) is 1. The molecule has 0 aromatic carbocycles. The highest BCUT2D eigenvalue weighted by Crippen LogP contribution is 2.26. The number of aliphatic hydroxyl groups excluding tert-OH is 1. The first-order valence-electron chi connectivity index (χ1n) is 10.3. The van der Waals surface area contributed by atoms with E-state index in [1.54, 1.807) is 6.08 Å². The van der Waals surface area contributed by atoms with Gasteiger partial charge in [-0.15, -0.1) is 11.8 Å². The van der Waals surface area contributed by atoms with E-state index in [2.05, 4.69) is 25.7 Å². The minimum Gasteiger partial charge on any atom is -0.510 e. The van der Waals surface area contributed by atoms with Crippen molar-refractivity contribution in [2.75, 3.05) is 0 Å². The van der Waals surface area contributed by atoms with Crippen molar-refractivity contribution in [2.45, 2.75) is 91.5 Å². The smallest absolute Gasteiger partial charge is 0.335 e. The maximum absolute atomic E-state index is 12.3. The molecule has 152 valence electrons. The zero-order valence-corrected chi connectivity index (χ0v) is 17.3. The van der Waals surface area contributed by atoms with Gasteiger partial charge in [-0.05, 0) is 31.3 Å². The first-order chi connectivity index (χ1) is 12.9. The first-order valence-corrected chi connectivity index (χ1v) is 10.3. The number of allylic oxidation sites excluding steroid dienone is 1. The zero-order chi connectivity index (χ0) is 20.2. The highest BCUT2D eigenvalue weighted by molar-refractivity contribution is 5.81. The van der Waals surface area contributed by atoms with Crippen LogP contribution >= 0.6 is 0 Å². The Labute approximate surface area is 164 Å². The Kier molecular flexibility index (Phi) is 10.6. The van der Waals surface area contributed by atoms with Gasteiger partial charge in [-0.2, -0.15) is 5.06 Å². The second-order valence-corrected chi connectivity index (χ2v) is 7.46. The fraction of sp³-hybridized carbons (Fsp3) is 0.727. The van der Waals surface area contributed by atoms with E-state index in [4.69, 9.17) is 4.84 Å². The Morgan fingerprint density at radius 1 is 1.33 bits per heavy atom. The lowest BCUT2D eigenvalue weighted by atomic mass is 10.0. The van der Waals surface area contributed by atoms with Gasteiger partial charge in [-0.25, -0.2) is 4.79 Å². The molecule has 1 rings (SSSR count). The molecule has 1 aliphatic heterocycles. The molecule has 5 nitrogen and oxygen atoms in total. The van der Waals surface area contributed by atoms with Crippen molar-refractivity contribution in [1.29, 1.82) is 0 Å². The molecule has 1 amide bonds. The third-order valence-corrected chi connectivity index (χ3v) is 4.81. The van der Waals surface area contributed by atoms with E-state index in [9.17, 15) is 14.7 Å². The predicted molar refractivity (Wildman–Crippen MR) is 106 cm³/mol. The second kappa shape index (κ2) is 12.4. The van der Waals surface area contributed by atoms with Gasteiger partial charge >= 0.3 is 5.97 Å². The number of rotatable bonds is 10. The summed E-state index contributed by atoms with van der Waals surface area (Å²) in [5.41, 5.74) is 0. The summed E-state index contributed by atoms with van der Waals surface area (Å²) in [6.45, 7) is 8.02. The van der Waals surface area contributed by atoms with Gasteiger partial charge in [0.05, 0.1) is 5.92 Å². The van der Waals surface area contributed by atoms with E-state index in [1.165, 1.54) is 0 Å². The third-order valence-electron chi connectivity index (χ3n) is 4.81. The molecule has 3 atom stereocenters. The lowest BCUT2D eigenvalue weighted by molar-refractivity contribution is -0.203. The van der Waals surface area contributed by atoms with Crippen molar-refractivity contribution in [2.24, 2.45) is 11.8 Å². The molecule has 5 heteroatoms. The Hall–Kier alpha value is -1.96. The maximum Gasteiger partial charge on any atom is 0.335 e. The Morgan fingerprint density at radius 2 is 2.07 bits per heavy atom. The molecule has 0 aromatic heterocycles. The van der Waals surface area contributed by atoms with Crippen LogP contribution in [0.2, 0.25) is 0 Å². The predicted octanol–water partition coefficient (Wildman–Crippen LogP) is 4.92. The number of carbonyl (C=O) groups is 2. The molecule has 0 saturated carbocycles. The lowest BCUT2D eigenvalue weighted by Crippen LogP contribution is -2.38. The quantitative estimate of drug-likeness (QED) is 0.333. The van der Waals surface area contributed by atoms with Gasteiger partial charge in [0.25, 0.3) is 5.91 Å². The summed E-state index contributed by atoms with van der Waals surface area (Å²) in [5.74, 6) is 5.66. The van der Waals surface area contributed by atoms with Crippen LogP contribution in [-0.2, 0) is 14.4 Å². The molecule has 1 saturated heterocycles. The Balaban J connectivity index is 2.61. The number of nitrogens with zero attached hydrogens (tertiary/aromatic N) is 1. The minimum absolute atomic E-state index is 0.0996. The fourth-order valence-electron chi connectivity index (χ4n) is 2.96. The largest absolute Gasteiger partial charge is 0.510 e. The third kappa shape index (κ3) is 8.07. The summed E-state index contributed by atoms with van der Waals surface area (Å²) in [5, 5.41) is 11.5. The summed E-state index contributed by atoms with van der Waals surface area (Å²) >= 11 is 0. The molecule has 1 heterocycles. The van der Waals surface area contributed by atoms with Gasteiger partial charge in [0.2, 0.25) is 0 Å². The van der Waals surface area contributed by atoms with Gasteiger partial charge in [0.15, 0.2) is 0 Å². The van der Waals surface area contributed by atoms with Crippen LogP contribution in [0.4, 0.5) is 0 Å². The molecule has 27 heavy (non-hydrogen) atoms. The van der Waals surface area contributed by atoms with Crippen LogP contribution in [0, 0.1) is 23.7 Å². The average molecular weight is 378 g/mol. The van der Waals surface area contributed by atoms with Crippen LogP contribution in [0.3, 0.4) is 0 Å². The molecule has 1 aliphatic rings. The fourth-order valence-corrected chi connectivity index (χ4v) is 2.96. The topological polar surface area (TPSA) is 66.8 Å². The molecule has 1 N–H and O–H groups in total. The molecule has 1 fully saturated rings. The van der Waals surface area contributed by atoms with Crippen molar-refractivity contribution >= 4 is 11.9 Å². The lowest BCUT2D eigenvalue weighted by Gasteiger charge is -2.24. The molecule has 0 bridgehead atoms. The molecule has 0 aromatic rings. The Bertz CT molecular complexity index is 573. The zero-order valence-electron chi connectivity index (χ0n) is 17.3.